The lowest BCUT2D eigenvalue weighted by Gasteiger charge is -2.35. The Morgan fingerprint density at radius 3 is 1.58 bits per heavy atom. The van der Waals surface area contributed by atoms with E-state index in [9.17, 15) is 9.59 Å². The summed E-state index contributed by atoms with van der Waals surface area (Å²) in [5.74, 6) is 1.82. The summed E-state index contributed by atoms with van der Waals surface area (Å²) in [6.45, 7) is 13.1. The summed E-state index contributed by atoms with van der Waals surface area (Å²) in [4.78, 5) is 49.1. The topological polar surface area (TPSA) is 78.3 Å². The van der Waals surface area contributed by atoms with Gasteiger partial charge in [-0.2, -0.15) is 0 Å². The molecular formula is C46H47ClN8O2. The lowest BCUT2D eigenvalue weighted by atomic mass is 10.1. The van der Waals surface area contributed by atoms with Crippen LogP contribution in [0.25, 0.3) is 0 Å². The molecule has 0 spiro atoms. The third-order valence-corrected chi connectivity index (χ3v) is 12.1. The summed E-state index contributed by atoms with van der Waals surface area (Å²) in [5.41, 5.74) is 11.1. The molecule has 0 saturated carbocycles. The maximum atomic E-state index is 13.4. The number of hydrogen-bond acceptors (Lipinski definition) is 8. The van der Waals surface area contributed by atoms with Crippen molar-refractivity contribution in [2.24, 2.45) is 9.98 Å². The highest BCUT2D eigenvalue weighted by atomic mass is 35.5. The monoisotopic (exact) mass is 778 g/mol. The van der Waals surface area contributed by atoms with E-state index in [4.69, 9.17) is 11.6 Å². The molecule has 0 aliphatic carbocycles. The first kappa shape index (κ1) is 37.1. The number of rotatable bonds is 8. The third-order valence-electron chi connectivity index (χ3n) is 11.6. The van der Waals surface area contributed by atoms with E-state index < -0.39 is 0 Å². The molecule has 0 aromatic heterocycles. The van der Waals surface area contributed by atoms with Gasteiger partial charge >= 0.3 is 0 Å². The Balaban J connectivity index is 0.000000148. The maximum absolute atomic E-state index is 13.4. The molecule has 0 atom stereocenters. The molecule has 10 rings (SSSR count). The second kappa shape index (κ2) is 15.8. The van der Waals surface area contributed by atoms with Gasteiger partial charge in [-0.25, -0.2) is 0 Å². The minimum atomic E-state index is 0.0834. The van der Waals surface area contributed by atoms with E-state index in [1.807, 2.05) is 53.1 Å². The fourth-order valence-electron chi connectivity index (χ4n) is 8.72. The number of aryl methyl sites for hydroxylation is 2. The first-order chi connectivity index (χ1) is 27.8. The molecule has 6 aliphatic rings. The number of carbonyl (C=O) groups is 2. The van der Waals surface area contributed by atoms with Crippen molar-refractivity contribution in [1.82, 2.24) is 29.4 Å². The predicted octanol–water partition coefficient (Wildman–Crippen LogP) is 6.21. The molecule has 0 saturated heterocycles. The van der Waals surface area contributed by atoms with Crippen molar-refractivity contribution in [2.45, 2.75) is 40.0 Å². The summed E-state index contributed by atoms with van der Waals surface area (Å²) >= 11 is 6.17. The minimum Gasteiger partial charge on any atom is -0.312 e. The van der Waals surface area contributed by atoms with Crippen molar-refractivity contribution in [3.05, 3.63) is 164 Å². The van der Waals surface area contributed by atoms with Crippen LogP contribution in [0.3, 0.4) is 0 Å². The van der Waals surface area contributed by atoms with Gasteiger partial charge in [0, 0.05) is 68.8 Å². The molecule has 0 bridgehead atoms. The van der Waals surface area contributed by atoms with Crippen molar-refractivity contribution in [3.63, 3.8) is 0 Å². The Bertz CT molecular complexity index is 2340. The predicted molar refractivity (Wildman–Crippen MR) is 224 cm³/mol. The van der Waals surface area contributed by atoms with Crippen LogP contribution >= 0.6 is 11.6 Å². The Labute approximate surface area is 339 Å². The molecule has 4 aromatic carbocycles. The van der Waals surface area contributed by atoms with Gasteiger partial charge in [0.05, 0.1) is 37.3 Å². The van der Waals surface area contributed by atoms with E-state index >= 15 is 0 Å². The van der Waals surface area contributed by atoms with E-state index in [2.05, 4.69) is 103 Å². The quantitative estimate of drug-likeness (QED) is 0.212. The number of amides is 2. The fourth-order valence-corrected chi connectivity index (χ4v) is 8.84. The Morgan fingerprint density at radius 1 is 0.544 bits per heavy atom. The number of aliphatic imine (C=N–C) groups is 2. The van der Waals surface area contributed by atoms with E-state index in [1.165, 1.54) is 22.3 Å². The van der Waals surface area contributed by atoms with Gasteiger partial charge in [0.15, 0.2) is 0 Å². The number of carbonyl (C=O) groups excluding carboxylic acids is 2. The Morgan fingerprint density at radius 2 is 1.05 bits per heavy atom. The molecule has 0 radical (unpaired) electrons. The second-order valence-electron chi connectivity index (χ2n) is 15.6. The zero-order chi connectivity index (χ0) is 39.0. The lowest BCUT2D eigenvalue weighted by molar-refractivity contribution is -0.125. The van der Waals surface area contributed by atoms with Crippen LogP contribution in [-0.2, 0) is 35.8 Å². The highest BCUT2D eigenvalue weighted by Gasteiger charge is 2.44. The number of fused-ring (bicyclic) bond motifs is 4. The Hall–Kier alpha value is -5.55. The van der Waals surface area contributed by atoms with Gasteiger partial charge in [-0.15, -0.1) is 0 Å². The highest BCUT2D eigenvalue weighted by molar-refractivity contribution is 6.31. The average molecular weight is 779 g/mol. The summed E-state index contributed by atoms with van der Waals surface area (Å²) in [6, 6.07) is 35.1. The first-order valence-corrected chi connectivity index (χ1v) is 20.2. The summed E-state index contributed by atoms with van der Waals surface area (Å²) in [6.07, 6.45) is 0. The standard InChI is InChI=1S/C23H23ClN4O.C23H24N4O/c1-16-11-18(7-8-20(16)24)13-28-22(29)19-14-26(12-17-5-3-2-4-6-17)15-21(19)27-10-9-25-23(27)28;1-17-7-5-6-10-19(17)14-27-22(28)20-15-25(13-18-8-3-2-4-9-18)16-21(20)26-12-11-24-23(26)27/h2-8,11H,9-10,12-15H2,1H3;2-10H,11-16H2,1H3. The molecule has 6 aliphatic heterocycles. The zero-order valence-electron chi connectivity index (χ0n) is 32.6. The van der Waals surface area contributed by atoms with Gasteiger partial charge in [0.1, 0.15) is 0 Å². The van der Waals surface area contributed by atoms with E-state index in [0.717, 1.165) is 103 Å². The third kappa shape index (κ3) is 7.41. The number of benzene rings is 4. The molecule has 0 fully saturated rings. The largest absolute Gasteiger partial charge is 0.312 e. The van der Waals surface area contributed by atoms with E-state index in [0.29, 0.717) is 26.2 Å². The summed E-state index contributed by atoms with van der Waals surface area (Å²) < 4.78 is 0. The number of halogens is 1. The number of guanidine groups is 2. The number of hydrogen-bond donors (Lipinski definition) is 0. The van der Waals surface area contributed by atoms with Gasteiger partial charge in [-0.3, -0.25) is 39.2 Å². The summed E-state index contributed by atoms with van der Waals surface area (Å²) in [7, 11) is 0. The SMILES string of the molecule is Cc1cc(CN2C(=O)C3=C(CN(Cc4ccccc4)C3)N3CCN=C23)ccc1Cl.Cc1ccccc1CN1C(=O)C2=C(CN(Cc3ccccc3)C2)N2CCN=C12. The average Bonchev–Trinajstić information content (AvgIpc) is 4.05. The number of nitrogens with zero attached hydrogens (tertiary/aromatic N) is 8. The van der Waals surface area contributed by atoms with Crippen molar-refractivity contribution in [1.29, 1.82) is 0 Å². The smallest absolute Gasteiger partial charge is 0.259 e. The molecule has 2 amide bonds. The maximum Gasteiger partial charge on any atom is 0.259 e. The first-order valence-electron chi connectivity index (χ1n) is 19.8. The second-order valence-corrected chi connectivity index (χ2v) is 16.0. The van der Waals surface area contributed by atoms with Gasteiger partial charge in [-0.05, 0) is 53.3 Å². The Kier molecular flexibility index (Phi) is 10.3. The molecule has 57 heavy (non-hydrogen) atoms. The molecule has 290 valence electrons. The molecule has 10 nitrogen and oxygen atoms in total. The molecule has 4 aromatic rings. The van der Waals surface area contributed by atoms with Gasteiger partial charge in [0.25, 0.3) is 11.8 Å². The van der Waals surface area contributed by atoms with Gasteiger partial charge in [0.2, 0.25) is 11.9 Å². The van der Waals surface area contributed by atoms with E-state index in [1.54, 1.807) is 0 Å². The molecule has 11 heteroatoms. The van der Waals surface area contributed by atoms with Crippen LogP contribution in [0.2, 0.25) is 5.02 Å². The zero-order valence-corrected chi connectivity index (χ0v) is 33.3. The van der Waals surface area contributed by atoms with Crippen molar-refractivity contribution < 1.29 is 9.59 Å². The van der Waals surface area contributed by atoms with Crippen molar-refractivity contribution in [2.75, 3.05) is 52.4 Å². The molecular weight excluding hydrogens is 732 g/mol. The van der Waals surface area contributed by atoms with Crippen LogP contribution < -0.4 is 0 Å². The van der Waals surface area contributed by atoms with Crippen LogP contribution in [-0.4, -0.2) is 105 Å². The van der Waals surface area contributed by atoms with Crippen LogP contribution in [0, 0.1) is 13.8 Å². The minimum absolute atomic E-state index is 0.0834. The van der Waals surface area contributed by atoms with Gasteiger partial charge < -0.3 is 9.80 Å². The molecule has 0 N–H and O–H groups in total. The van der Waals surface area contributed by atoms with Crippen LogP contribution in [0.5, 0.6) is 0 Å². The van der Waals surface area contributed by atoms with Crippen molar-refractivity contribution >= 4 is 35.3 Å². The van der Waals surface area contributed by atoms with Crippen LogP contribution in [0.15, 0.2) is 136 Å². The molecule has 6 heterocycles. The fraction of sp³-hybridized carbons (Fsp3) is 0.304. The van der Waals surface area contributed by atoms with Crippen LogP contribution in [0.1, 0.15) is 33.4 Å². The summed E-state index contributed by atoms with van der Waals surface area (Å²) in [5, 5.41) is 0.746. The van der Waals surface area contributed by atoms with E-state index in [-0.39, 0.29) is 11.8 Å². The van der Waals surface area contributed by atoms with Crippen LogP contribution in [0.4, 0.5) is 0 Å². The van der Waals surface area contributed by atoms with Gasteiger partial charge in [-0.1, -0.05) is 109 Å². The molecule has 0 unspecified atom stereocenters. The van der Waals surface area contributed by atoms with Crippen molar-refractivity contribution in [3.8, 4) is 0 Å². The normalized spacial score (nSPS) is 19.1. The lowest BCUT2D eigenvalue weighted by Crippen LogP contribution is -2.49. The highest BCUT2D eigenvalue weighted by Crippen LogP contribution is 2.34.